The Hall–Kier alpha value is -8.77. The summed E-state index contributed by atoms with van der Waals surface area (Å²) in [5.41, 5.74) is 23.6. The van der Waals surface area contributed by atoms with Crippen molar-refractivity contribution in [3.8, 4) is 5.75 Å². The molecule has 30 nitrogen and oxygen atoms in total. The molecular formula is C61H95N13O17. The Labute approximate surface area is 529 Å². The number of nitrogens with two attached hydrogens (primary N) is 4. The first-order valence-electron chi connectivity index (χ1n) is 30.6. The van der Waals surface area contributed by atoms with E-state index in [1.807, 2.05) is 0 Å². The number of hydrogen-bond donors (Lipinski definition) is 17. The van der Waals surface area contributed by atoms with Gasteiger partial charge in [-0.15, -0.1) is 0 Å². The summed E-state index contributed by atoms with van der Waals surface area (Å²) in [4.78, 5) is 175. The van der Waals surface area contributed by atoms with E-state index in [0.717, 1.165) is 0 Å². The van der Waals surface area contributed by atoms with Gasteiger partial charge in [0.2, 0.25) is 59.1 Å². The summed E-state index contributed by atoms with van der Waals surface area (Å²) in [5.74, 6) is -15.3. The van der Waals surface area contributed by atoms with Crippen molar-refractivity contribution < 1.29 is 82.8 Å². The Morgan fingerprint density at radius 2 is 0.824 bits per heavy atom. The quantitative estimate of drug-likeness (QED) is 0.0338. The summed E-state index contributed by atoms with van der Waals surface area (Å²) in [6, 6.07) is -0.693. The lowest BCUT2D eigenvalue weighted by Crippen LogP contribution is -2.61. The van der Waals surface area contributed by atoms with Crippen LogP contribution in [0.25, 0.3) is 0 Å². The SMILES string of the molecule is CC[C@H](C)[C@H](NC(=O)[C@H](Cc1ccc(O)cc1)NC(=O)[C@H](CCCCN)NC(=O)[C@@H](N)CC(N)=O)C(=O)N[C@@H](CCC(=O)O)C(=O)N[C@@H](CCC(=O)O)C(=O)N[C@@H](CCCCN)C(=O)N[C@H](C(=O)N[C@@H](Cc1ccccc1)C(=O)N[C@@H](CC(C)C)C(=O)O)C(C)C. The van der Waals surface area contributed by atoms with Gasteiger partial charge < -0.3 is 91.2 Å². The third kappa shape index (κ3) is 29.6. The summed E-state index contributed by atoms with van der Waals surface area (Å²) in [6.07, 6.45) is -2.06. The minimum absolute atomic E-state index is 0.00553. The van der Waals surface area contributed by atoms with Crippen LogP contribution in [0.5, 0.6) is 5.75 Å². The third-order valence-corrected chi connectivity index (χ3v) is 14.8. The number of carbonyl (C=O) groups is 13. The van der Waals surface area contributed by atoms with Crippen molar-refractivity contribution in [3.63, 3.8) is 0 Å². The number of nitrogens with one attached hydrogen (secondary N) is 9. The van der Waals surface area contributed by atoms with Gasteiger partial charge in [-0.1, -0.05) is 90.4 Å². The number of carbonyl (C=O) groups excluding carboxylic acids is 10. The van der Waals surface area contributed by atoms with Gasteiger partial charge in [-0.3, -0.25) is 57.5 Å². The molecule has 2 rings (SSSR count). The summed E-state index contributed by atoms with van der Waals surface area (Å²) < 4.78 is 0. The number of carboxylic acid groups (broad SMARTS) is 3. The Bertz CT molecular complexity index is 2750. The van der Waals surface area contributed by atoms with Crippen molar-refractivity contribution in [3.05, 3.63) is 65.7 Å². The number of phenols is 1. The van der Waals surface area contributed by atoms with Gasteiger partial charge in [0.05, 0.1) is 12.5 Å². The van der Waals surface area contributed by atoms with Gasteiger partial charge in [0.1, 0.15) is 60.1 Å². The lowest BCUT2D eigenvalue weighted by molar-refractivity contribution is -0.143. The molecule has 0 saturated heterocycles. The average molecular weight is 1280 g/mol. The van der Waals surface area contributed by atoms with Crippen LogP contribution in [0.4, 0.5) is 0 Å². The van der Waals surface area contributed by atoms with Crippen molar-refractivity contribution >= 4 is 77.0 Å². The molecule has 0 aliphatic rings. The number of aliphatic carboxylic acids is 3. The molecule has 0 spiro atoms. The number of unbranched alkanes of at least 4 members (excludes halogenated alkanes) is 2. The Balaban J connectivity index is 2.55. The normalized spacial score (nSPS) is 14.8. The van der Waals surface area contributed by atoms with E-state index in [9.17, 15) is 82.8 Å². The second kappa shape index (κ2) is 40.8. The molecule has 506 valence electrons. The number of carboxylic acids is 3. The second-order valence-corrected chi connectivity index (χ2v) is 23.3. The Morgan fingerprint density at radius 1 is 0.451 bits per heavy atom. The van der Waals surface area contributed by atoms with Gasteiger partial charge in [0.15, 0.2) is 0 Å². The standard InChI is InChI=1S/C61H95N13O17/c1-7-35(6)51(74-58(87)45(31-37-19-21-38(75)22-20-37)70-53(82)40(17-11-13-27-62)66-52(81)39(64)32-47(65)76)60(89)69-43(24-26-49(79)80)55(84)68-42(23-25-48(77)78)54(83)67-41(18-12-14-28-63)56(85)73-50(34(4)5)59(88)71-44(30-36-15-9-8-10-16-36)57(86)72-46(61(90)91)29-33(2)3/h8-10,15-16,19-22,33-35,39-46,50-51,75H,7,11-14,17-18,23-32,62-64H2,1-6H3,(H2,65,76)(H,66,81)(H,67,83)(H,68,84)(H,69,89)(H,70,82)(H,71,88)(H,72,86)(H,73,85)(H,74,87)(H,77,78)(H,79,80)(H,90,91)/t35-,39-,40-,41-,42-,43-,44-,45-,46-,50-,51-/m0/s1. The predicted molar refractivity (Wildman–Crippen MR) is 332 cm³/mol. The van der Waals surface area contributed by atoms with Gasteiger partial charge >= 0.3 is 17.9 Å². The fourth-order valence-corrected chi connectivity index (χ4v) is 9.37. The minimum Gasteiger partial charge on any atom is -0.508 e. The first-order valence-corrected chi connectivity index (χ1v) is 30.6. The highest BCUT2D eigenvalue weighted by Gasteiger charge is 2.38. The molecule has 0 bridgehead atoms. The van der Waals surface area contributed by atoms with E-state index in [4.69, 9.17) is 22.9 Å². The third-order valence-electron chi connectivity index (χ3n) is 14.8. The van der Waals surface area contributed by atoms with Gasteiger partial charge in [0, 0.05) is 25.7 Å². The van der Waals surface area contributed by atoms with E-state index in [1.54, 1.807) is 71.9 Å². The van der Waals surface area contributed by atoms with Crippen LogP contribution in [-0.2, 0) is 75.2 Å². The summed E-state index contributed by atoms with van der Waals surface area (Å²) in [7, 11) is 0. The van der Waals surface area contributed by atoms with Gasteiger partial charge in [-0.05, 0) is 112 Å². The molecule has 10 amide bonds. The van der Waals surface area contributed by atoms with Crippen LogP contribution in [0, 0.1) is 17.8 Å². The van der Waals surface area contributed by atoms with Crippen molar-refractivity contribution in [2.75, 3.05) is 13.1 Å². The topological polar surface area (TPSA) is 515 Å². The molecule has 0 fully saturated rings. The smallest absolute Gasteiger partial charge is 0.326 e. The number of primary amides is 1. The van der Waals surface area contributed by atoms with Crippen LogP contribution in [0.1, 0.15) is 136 Å². The van der Waals surface area contributed by atoms with E-state index in [2.05, 4.69) is 47.9 Å². The van der Waals surface area contributed by atoms with Crippen molar-refractivity contribution in [1.29, 1.82) is 0 Å². The van der Waals surface area contributed by atoms with Crippen molar-refractivity contribution in [2.24, 2.45) is 40.7 Å². The average Bonchev–Trinajstić information content (AvgIpc) is 2.26. The molecule has 0 heterocycles. The number of aromatic hydroxyl groups is 1. The lowest BCUT2D eigenvalue weighted by atomic mass is 9.96. The molecule has 0 saturated carbocycles. The zero-order valence-corrected chi connectivity index (χ0v) is 52.6. The number of benzene rings is 2. The Morgan fingerprint density at radius 3 is 1.25 bits per heavy atom. The van der Waals surface area contributed by atoms with Crippen LogP contribution in [0.15, 0.2) is 54.6 Å². The van der Waals surface area contributed by atoms with Crippen LogP contribution in [0.3, 0.4) is 0 Å². The van der Waals surface area contributed by atoms with Crippen LogP contribution < -0.4 is 70.8 Å². The van der Waals surface area contributed by atoms with Crippen LogP contribution in [0.2, 0.25) is 0 Å². The first kappa shape index (κ1) is 78.3. The zero-order chi connectivity index (χ0) is 68.5. The van der Waals surface area contributed by atoms with E-state index >= 15 is 0 Å². The molecule has 91 heavy (non-hydrogen) atoms. The summed E-state index contributed by atoms with van der Waals surface area (Å²) in [5, 5.41) is 62.3. The Kier molecular flexibility index (Phi) is 35.1. The number of phenolic OH excluding ortho intramolecular Hbond substituents is 1. The maximum absolute atomic E-state index is 14.5. The zero-order valence-electron chi connectivity index (χ0n) is 52.6. The molecule has 2 aromatic rings. The molecule has 11 atom stereocenters. The highest BCUT2D eigenvalue weighted by molar-refractivity contribution is 5.99. The molecule has 0 aliphatic carbocycles. The first-order chi connectivity index (χ1) is 42.9. The molecule has 0 radical (unpaired) electrons. The van der Waals surface area contributed by atoms with Crippen molar-refractivity contribution in [2.45, 2.75) is 198 Å². The second-order valence-electron chi connectivity index (χ2n) is 23.3. The minimum atomic E-state index is -1.79. The molecule has 0 aromatic heterocycles. The van der Waals surface area contributed by atoms with Gasteiger partial charge in [0.25, 0.3) is 0 Å². The molecule has 0 unspecified atom stereocenters. The predicted octanol–water partition coefficient (Wildman–Crippen LogP) is -1.44. The van der Waals surface area contributed by atoms with Crippen molar-refractivity contribution in [1.82, 2.24) is 47.9 Å². The molecule has 21 N–H and O–H groups in total. The molecule has 0 aliphatic heterocycles. The lowest BCUT2D eigenvalue weighted by Gasteiger charge is -2.30. The van der Waals surface area contributed by atoms with Crippen LogP contribution in [-0.4, -0.2) is 171 Å². The van der Waals surface area contributed by atoms with Crippen LogP contribution >= 0.6 is 0 Å². The molecule has 2 aromatic carbocycles. The van der Waals surface area contributed by atoms with E-state index in [0.29, 0.717) is 30.4 Å². The van der Waals surface area contributed by atoms with Gasteiger partial charge in [-0.25, -0.2) is 4.79 Å². The maximum atomic E-state index is 14.5. The number of hydrogen-bond acceptors (Lipinski definition) is 17. The monoisotopic (exact) mass is 1280 g/mol. The fourth-order valence-electron chi connectivity index (χ4n) is 9.37. The maximum Gasteiger partial charge on any atom is 0.326 e. The van der Waals surface area contributed by atoms with E-state index in [1.165, 1.54) is 24.3 Å². The van der Waals surface area contributed by atoms with E-state index in [-0.39, 0.29) is 69.7 Å². The highest BCUT2D eigenvalue weighted by Crippen LogP contribution is 2.17. The van der Waals surface area contributed by atoms with E-state index < -0.39 is 181 Å². The fraction of sp³-hybridized carbons (Fsp3) is 0.590. The summed E-state index contributed by atoms with van der Waals surface area (Å²) >= 11 is 0. The number of amides is 10. The molecule has 30 heteroatoms. The molecular weight excluding hydrogens is 1190 g/mol. The highest BCUT2D eigenvalue weighted by atomic mass is 16.4. The summed E-state index contributed by atoms with van der Waals surface area (Å²) in [6.45, 7) is 10.4. The number of rotatable bonds is 44. The largest absolute Gasteiger partial charge is 0.508 e. The van der Waals surface area contributed by atoms with Gasteiger partial charge in [-0.2, -0.15) is 0 Å².